The van der Waals surface area contributed by atoms with Crippen molar-refractivity contribution in [3.8, 4) is 0 Å². The van der Waals surface area contributed by atoms with Crippen LogP contribution in [0, 0.1) is 6.92 Å². The number of rotatable bonds is 0. The van der Waals surface area contributed by atoms with Crippen molar-refractivity contribution in [2.24, 2.45) is 0 Å². The summed E-state index contributed by atoms with van der Waals surface area (Å²) in [6.45, 7) is 5.32. The molecule has 0 amide bonds. The van der Waals surface area contributed by atoms with Crippen molar-refractivity contribution >= 4 is 27.4 Å². The van der Waals surface area contributed by atoms with E-state index in [1.54, 1.807) is 0 Å². The minimum Gasteiger partial charge on any atom is -0.385 e. The second-order valence-electron chi connectivity index (χ2n) is 3.17. The number of aromatic amines is 1. The maximum atomic E-state index is 12.7. The number of thiophene rings is 1. The molecule has 2 aromatic heterocycles. The Morgan fingerprint density at radius 2 is 1.89 bits per heavy atom. The lowest BCUT2D eigenvalue weighted by molar-refractivity contribution is -0.136. The average molecular weight is 279 g/mol. The molecule has 2 rings (SSSR count). The van der Waals surface area contributed by atoms with Crippen molar-refractivity contribution in [3.05, 3.63) is 20.9 Å². The van der Waals surface area contributed by atoms with Crippen LogP contribution in [0.25, 0.3) is 10.2 Å². The molecule has 0 aliphatic heterocycles. The number of alkyl halides is 3. The van der Waals surface area contributed by atoms with Gasteiger partial charge in [0.05, 0.1) is 10.9 Å². The molecule has 0 saturated carbocycles. The van der Waals surface area contributed by atoms with Crippen LogP contribution in [-0.4, -0.2) is 9.97 Å². The predicted octanol–water partition coefficient (Wildman–Crippen LogP) is 2.92. The van der Waals surface area contributed by atoms with Crippen LogP contribution in [0.2, 0.25) is 0 Å². The fourth-order valence-corrected chi connectivity index (χ4v) is 2.55. The molecule has 3 N–H and O–H groups in total. The zero-order chi connectivity index (χ0) is 14.1. The summed E-state index contributed by atoms with van der Waals surface area (Å²) in [4.78, 5) is 16.5. The molecule has 0 saturated heterocycles. The highest BCUT2D eigenvalue weighted by Crippen LogP contribution is 2.42. The summed E-state index contributed by atoms with van der Waals surface area (Å²) in [5, 5.41) is -0.227. The Hall–Kier alpha value is -1.57. The van der Waals surface area contributed by atoms with Gasteiger partial charge < -0.3 is 5.73 Å². The molecule has 0 unspecified atom stereocenters. The maximum Gasteiger partial charge on any atom is 0.418 e. The molecule has 0 radical (unpaired) electrons. The van der Waals surface area contributed by atoms with Gasteiger partial charge in [-0.15, -0.1) is 11.3 Å². The molecule has 0 aliphatic carbocycles. The quantitative estimate of drug-likeness (QED) is 0.778. The van der Waals surface area contributed by atoms with Gasteiger partial charge in [-0.1, -0.05) is 13.8 Å². The average Bonchev–Trinajstić information content (AvgIpc) is 2.56. The predicted molar refractivity (Wildman–Crippen MR) is 65.7 cm³/mol. The van der Waals surface area contributed by atoms with Gasteiger partial charge in [0.2, 0.25) is 0 Å². The fourth-order valence-electron chi connectivity index (χ4n) is 1.50. The molecule has 8 heteroatoms. The third-order valence-electron chi connectivity index (χ3n) is 2.06. The standard InChI is InChI=1S/C8H6F3N3OS.C2H6/c1-2-4(8(9,10)11)3-5(12)13-7(15)14-6(3)16-2;1-2/h1H3,(H3,12,13,14,15);1-2H3. The number of aromatic nitrogens is 2. The van der Waals surface area contributed by atoms with E-state index in [-0.39, 0.29) is 20.9 Å². The topological polar surface area (TPSA) is 71.8 Å². The van der Waals surface area contributed by atoms with Gasteiger partial charge in [-0.2, -0.15) is 18.2 Å². The van der Waals surface area contributed by atoms with E-state index < -0.39 is 17.4 Å². The van der Waals surface area contributed by atoms with Crippen LogP contribution < -0.4 is 11.4 Å². The molecule has 100 valence electrons. The zero-order valence-corrected chi connectivity index (χ0v) is 10.8. The molecule has 18 heavy (non-hydrogen) atoms. The van der Waals surface area contributed by atoms with E-state index >= 15 is 0 Å². The summed E-state index contributed by atoms with van der Waals surface area (Å²) in [7, 11) is 0. The normalized spacial score (nSPS) is 11.2. The monoisotopic (exact) mass is 279 g/mol. The first-order valence-electron chi connectivity index (χ1n) is 5.17. The number of nitrogens with two attached hydrogens (primary N) is 1. The van der Waals surface area contributed by atoms with Crippen molar-refractivity contribution in [1.82, 2.24) is 9.97 Å². The first-order chi connectivity index (χ1) is 8.30. The molecule has 2 heterocycles. The molecule has 0 bridgehead atoms. The van der Waals surface area contributed by atoms with Gasteiger partial charge in [-0.3, -0.25) is 4.98 Å². The van der Waals surface area contributed by atoms with Crippen LogP contribution in [0.15, 0.2) is 4.79 Å². The van der Waals surface area contributed by atoms with Crippen LogP contribution in [0.4, 0.5) is 19.0 Å². The highest BCUT2D eigenvalue weighted by Gasteiger charge is 2.37. The van der Waals surface area contributed by atoms with Crippen molar-refractivity contribution < 1.29 is 13.2 Å². The first kappa shape index (κ1) is 14.5. The molecule has 4 nitrogen and oxygen atoms in total. The van der Waals surface area contributed by atoms with Crippen LogP contribution in [0.3, 0.4) is 0 Å². The Labute approximate surface area is 105 Å². The van der Waals surface area contributed by atoms with Gasteiger partial charge in [0.25, 0.3) is 0 Å². The molecule has 2 aromatic rings. The Morgan fingerprint density at radius 1 is 1.33 bits per heavy atom. The van der Waals surface area contributed by atoms with Crippen molar-refractivity contribution in [2.75, 3.05) is 5.73 Å². The molecular weight excluding hydrogens is 267 g/mol. The Bertz CT molecular complexity index is 615. The number of aryl methyl sites for hydroxylation is 1. The molecule has 0 fully saturated rings. The number of anilines is 1. The van der Waals surface area contributed by atoms with Gasteiger partial charge >= 0.3 is 11.9 Å². The Balaban J connectivity index is 0.000000771. The minimum atomic E-state index is -4.50. The lowest BCUT2D eigenvalue weighted by atomic mass is 10.2. The highest BCUT2D eigenvalue weighted by molar-refractivity contribution is 7.18. The summed E-state index contributed by atoms with van der Waals surface area (Å²) in [6, 6.07) is 0. The SMILES string of the molecule is CC.Cc1sc2nc(=O)[nH]c(N)c2c1C(F)(F)F. The number of hydrogen-bond donors (Lipinski definition) is 2. The van der Waals surface area contributed by atoms with E-state index in [1.807, 2.05) is 13.8 Å². The van der Waals surface area contributed by atoms with Gasteiger partial charge in [-0.05, 0) is 6.92 Å². The number of hydrogen-bond acceptors (Lipinski definition) is 4. The lowest BCUT2D eigenvalue weighted by Crippen LogP contribution is -2.13. The minimum absolute atomic E-state index is 0.00562. The van der Waals surface area contributed by atoms with Crippen LogP contribution in [0.5, 0.6) is 0 Å². The van der Waals surface area contributed by atoms with E-state index in [1.165, 1.54) is 6.92 Å². The summed E-state index contributed by atoms with van der Waals surface area (Å²) < 4.78 is 38.2. The van der Waals surface area contributed by atoms with Gasteiger partial charge in [-0.25, -0.2) is 4.79 Å². The van der Waals surface area contributed by atoms with E-state index in [9.17, 15) is 18.0 Å². The Kier molecular flexibility index (Phi) is 4.00. The van der Waals surface area contributed by atoms with Crippen molar-refractivity contribution in [1.29, 1.82) is 0 Å². The lowest BCUT2D eigenvalue weighted by Gasteiger charge is -2.07. The largest absolute Gasteiger partial charge is 0.418 e. The highest BCUT2D eigenvalue weighted by atomic mass is 32.1. The molecule has 0 aliphatic rings. The van der Waals surface area contributed by atoms with E-state index in [0.29, 0.717) is 0 Å². The maximum absolute atomic E-state index is 12.7. The van der Waals surface area contributed by atoms with Crippen molar-refractivity contribution in [3.63, 3.8) is 0 Å². The smallest absolute Gasteiger partial charge is 0.385 e. The molecular formula is C10H12F3N3OS. The summed E-state index contributed by atoms with van der Waals surface area (Å²) in [6.07, 6.45) is -4.50. The number of H-pyrrole nitrogens is 1. The van der Waals surface area contributed by atoms with E-state index in [2.05, 4.69) is 9.97 Å². The second kappa shape index (κ2) is 4.97. The third-order valence-corrected chi connectivity index (χ3v) is 3.06. The van der Waals surface area contributed by atoms with Gasteiger partial charge in [0.1, 0.15) is 10.6 Å². The number of nitrogen functional groups attached to an aromatic ring is 1. The third kappa shape index (κ3) is 2.47. The van der Waals surface area contributed by atoms with Crippen LogP contribution in [-0.2, 0) is 6.18 Å². The van der Waals surface area contributed by atoms with E-state index in [4.69, 9.17) is 5.73 Å². The number of nitrogens with zero attached hydrogens (tertiary/aromatic N) is 1. The van der Waals surface area contributed by atoms with Crippen LogP contribution >= 0.6 is 11.3 Å². The molecule has 0 aromatic carbocycles. The Morgan fingerprint density at radius 3 is 2.39 bits per heavy atom. The number of halogens is 3. The second-order valence-corrected chi connectivity index (χ2v) is 4.37. The van der Waals surface area contributed by atoms with Gasteiger partial charge in [0, 0.05) is 4.88 Å². The van der Waals surface area contributed by atoms with Crippen LogP contribution in [0.1, 0.15) is 24.3 Å². The summed E-state index contributed by atoms with van der Waals surface area (Å²) in [5.74, 6) is -0.299. The van der Waals surface area contributed by atoms with E-state index in [0.717, 1.165) is 11.3 Å². The first-order valence-corrected chi connectivity index (χ1v) is 5.98. The number of nitrogens with one attached hydrogen (secondary N) is 1. The summed E-state index contributed by atoms with van der Waals surface area (Å²) in [5.41, 5.74) is 3.80. The van der Waals surface area contributed by atoms with Gasteiger partial charge in [0.15, 0.2) is 0 Å². The zero-order valence-electron chi connectivity index (χ0n) is 9.97. The fraction of sp³-hybridized carbons (Fsp3) is 0.400. The molecule has 0 spiro atoms. The summed E-state index contributed by atoms with van der Waals surface area (Å²) >= 11 is 0.803. The van der Waals surface area contributed by atoms with Crippen molar-refractivity contribution in [2.45, 2.75) is 26.9 Å². The molecule has 0 atom stereocenters. The number of fused-ring (bicyclic) bond motifs is 1.